The number of fused-ring (bicyclic) bond motifs is 1. The molecule has 0 aromatic heterocycles. The van der Waals surface area contributed by atoms with Crippen LogP contribution >= 0.6 is 39.3 Å². The van der Waals surface area contributed by atoms with Gasteiger partial charge in [0.05, 0.1) is 28.3 Å². The van der Waals surface area contributed by atoms with E-state index in [4.69, 9.17) is 11.6 Å². The molecule has 0 aliphatic carbocycles. The van der Waals surface area contributed by atoms with Crippen molar-refractivity contribution in [2.45, 2.75) is 18.2 Å². The molecular formula is C13H12BrClN2O3S2. The van der Waals surface area contributed by atoms with Crippen LogP contribution in [-0.4, -0.2) is 42.3 Å². The topological polar surface area (TPSA) is 66.8 Å². The lowest BCUT2D eigenvalue weighted by Gasteiger charge is -2.25. The van der Waals surface area contributed by atoms with E-state index in [1.54, 1.807) is 17.0 Å². The van der Waals surface area contributed by atoms with Crippen molar-refractivity contribution in [2.24, 2.45) is 4.99 Å². The zero-order valence-corrected chi connectivity index (χ0v) is 15.5. The molecule has 0 N–H and O–H groups in total. The van der Waals surface area contributed by atoms with Gasteiger partial charge < -0.3 is 4.90 Å². The van der Waals surface area contributed by atoms with Crippen LogP contribution in [0.3, 0.4) is 0 Å². The molecule has 1 aromatic carbocycles. The van der Waals surface area contributed by atoms with Gasteiger partial charge in [-0.3, -0.25) is 4.79 Å². The van der Waals surface area contributed by atoms with E-state index in [-0.39, 0.29) is 28.7 Å². The summed E-state index contributed by atoms with van der Waals surface area (Å²) >= 11 is 11.0. The minimum absolute atomic E-state index is 0.0496. The minimum Gasteiger partial charge on any atom is -0.314 e. The smallest absolute Gasteiger partial charge is 0.244 e. The molecular weight excluding hydrogens is 412 g/mol. The third-order valence-corrected chi connectivity index (χ3v) is 7.49. The first-order valence-electron chi connectivity index (χ1n) is 6.47. The highest BCUT2D eigenvalue weighted by molar-refractivity contribution is 9.10. The van der Waals surface area contributed by atoms with Crippen LogP contribution in [0.15, 0.2) is 27.7 Å². The number of amides is 1. The Morgan fingerprint density at radius 1 is 1.45 bits per heavy atom. The quantitative estimate of drug-likeness (QED) is 0.695. The molecule has 2 aliphatic rings. The molecule has 22 heavy (non-hydrogen) atoms. The van der Waals surface area contributed by atoms with Crippen molar-refractivity contribution in [3.8, 4) is 0 Å². The Hall–Kier alpha value is -0.570. The Labute approximate surface area is 146 Å². The van der Waals surface area contributed by atoms with Crippen LogP contribution in [0.25, 0.3) is 0 Å². The Morgan fingerprint density at radius 3 is 2.82 bits per heavy atom. The van der Waals surface area contributed by atoms with E-state index in [2.05, 4.69) is 20.9 Å². The number of amidine groups is 1. The van der Waals surface area contributed by atoms with Gasteiger partial charge in [-0.05, 0) is 18.2 Å². The Morgan fingerprint density at radius 2 is 2.18 bits per heavy atom. The van der Waals surface area contributed by atoms with E-state index in [0.29, 0.717) is 15.9 Å². The highest BCUT2D eigenvalue weighted by Crippen LogP contribution is 2.43. The lowest BCUT2D eigenvalue weighted by Crippen LogP contribution is -2.37. The van der Waals surface area contributed by atoms with Gasteiger partial charge in [-0.15, -0.1) is 0 Å². The summed E-state index contributed by atoms with van der Waals surface area (Å²) in [6, 6.07) is 5.13. The van der Waals surface area contributed by atoms with Crippen molar-refractivity contribution >= 4 is 65.9 Å². The fraction of sp³-hybridized carbons (Fsp3) is 0.385. The van der Waals surface area contributed by atoms with Gasteiger partial charge in [-0.25, -0.2) is 8.42 Å². The average molecular weight is 424 g/mol. The maximum absolute atomic E-state index is 11.9. The number of halogens is 2. The van der Waals surface area contributed by atoms with Crippen LogP contribution in [-0.2, 0) is 14.6 Å². The van der Waals surface area contributed by atoms with Crippen LogP contribution in [0.1, 0.15) is 6.92 Å². The number of carbonyl (C=O) groups is 1. The van der Waals surface area contributed by atoms with Crippen molar-refractivity contribution in [3.05, 3.63) is 27.7 Å². The zero-order valence-electron chi connectivity index (χ0n) is 11.5. The predicted octanol–water partition coefficient (Wildman–Crippen LogP) is 2.72. The molecule has 0 spiro atoms. The third-order valence-electron chi connectivity index (χ3n) is 3.49. The summed E-state index contributed by atoms with van der Waals surface area (Å²) in [7, 11) is -3.07. The number of carbonyl (C=O) groups excluding carboxylic acids is 1. The van der Waals surface area contributed by atoms with Crippen molar-refractivity contribution in [2.75, 3.05) is 16.4 Å². The first-order chi connectivity index (χ1) is 10.3. The molecule has 118 valence electrons. The highest BCUT2D eigenvalue weighted by Gasteiger charge is 2.49. The van der Waals surface area contributed by atoms with Gasteiger partial charge >= 0.3 is 0 Å². The summed E-state index contributed by atoms with van der Waals surface area (Å²) in [5, 5.41) is 0.876. The van der Waals surface area contributed by atoms with Crippen LogP contribution in [0, 0.1) is 0 Å². The molecule has 1 aromatic rings. The summed E-state index contributed by atoms with van der Waals surface area (Å²) in [4.78, 5) is 17.2. The Balaban J connectivity index is 2.08. The van der Waals surface area contributed by atoms with Gasteiger partial charge in [0.2, 0.25) is 5.91 Å². The summed E-state index contributed by atoms with van der Waals surface area (Å²) in [6.45, 7) is 1.37. The maximum atomic E-state index is 11.9. The van der Waals surface area contributed by atoms with Gasteiger partial charge in [0.15, 0.2) is 15.0 Å². The number of hydrogen-bond donors (Lipinski definition) is 0. The molecule has 3 rings (SSSR count). The Kier molecular flexibility index (Phi) is 4.30. The van der Waals surface area contributed by atoms with Crippen molar-refractivity contribution in [3.63, 3.8) is 0 Å². The summed E-state index contributed by atoms with van der Waals surface area (Å²) in [5.74, 6) is -0.165. The second kappa shape index (κ2) is 5.81. The lowest BCUT2D eigenvalue weighted by atomic mass is 10.2. The number of benzene rings is 1. The molecule has 5 nitrogen and oxygen atoms in total. The van der Waals surface area contributed by atoms with Crippen molar-refractivity contribution in [1.82, 2.24) is 0 Å². The Bertz CT molecular complexity index is 781. The number of sulfone groups is 1. The number of thioether (sulfide) groups is 1. The van der Waals surface area contributed by atoms with Gasteiger partial charge in [0, 0.05) is 16.6 Å². The monoisotopic (exact) mass is 422 g/mol. The molecule has 0 saturated carbocycles. The van der Waals surface area contributed by atoms with Crippen molar-refractivity contribution in [1.29, 1.82) is 0 Å². The van der Waals surface area contributed by atoms with Gasteiger partial charge in [-0.1, -0.05) is 39.3 Å². The molecule has 9 heteroatoms. The van der Waals surface area contributed by atoms with Gasteiger partial charge in [0.1, 0.15) is 0 Å². The summed E-state index contributed by atoms with van der Waals surface area (Å²) in [6.07, 6.45) is 0. The molecule has 1 amide bonds. The number of hydrogen-bond acceptors (Lipinski definition) is 4. The SMILES string of the molecule is CC(=O)N=C1S[C@H]2CS(=O)(=O)C[C@@H]2N1c1ccc(Br)cc1Cl. The normalized spacial score (nSPS) is 28.1. The van der Waals surface area contributed by atoms with Crippen LogP contribution < -0.4 is 4.90 Å². The molecule has 2 aliphatic heterocycles. The summed E-state index contributed by atoms with van der Waals surface area (Å²) < 4.78 is 24.6. The van der Waals surface area contributed by atoms with Crippen LogP contribution in [0.2, 0.25) is 5.02 Å². The van der Waals surface area contributed by atoms with E-state index in [1.165, 1.54) is 18.7 Å². The summed E-state index contributed by atoms with van der Waals surface area (Å²) in [5.41, 5.74) is 0.668. The second-order valence-electron chi connectivity index (χ2n) is 5.18. The molecule has 2 saturated heterocycles. The van der Waals surface area contributed by atoms with E-state index >= 15 is 0 Å². The third kappa shape index (κ3) is 3.06. The first-order valence-corrected chi connectivity index (χ1v) is 10.3. The molecule has 0 bridgehead atoms. The molecule has 0 radical (unpaired) electrons. The second-order valence-corrected chi connectivity index (χ2v) is 9.86. The highest BCUT2D eigenvalue weighted by atomic mass is 79.9. The average Bonchev–Trinajstić information content (AvgIpc) is 2.81. The first kappa shape index (κ1) is 16.3. The van der Waals surface area contributed by atoms with Gasteiger partial charge in [-0.2, -0.15) is 4.99 Å². The number of rotatable bonds is 1. The minimum atomic E-state index is -3.07. The van der Waals surface area contributed by atoms with Gasteiger partial charge in [0.25, 0.3) is 0 Å². The zero-order chi connectivity index (χ0) is 16.1. The van der Waals surface area contributed by atoms with E-state index in [9.17, 15) is 13.2 Å². The number of anilines is 1. The predicted molar refractivity (Wildman–Crippen MR) is 93.6 cm³/mol. The number of aliphatic imine (C=N–C) groups is 1. The largest absolute Gasteiger partial charge is 0.314 e. The fourth-order valence-corrected chi connectivity index (χ4v) is 7.37. The molecule has 2 atom stereocenters. The molecule has 0 unspecified atom stereocenters. The molecule has 2 heterocycles. The standard InChI is InChI=1S/C13H12BrClN2O3S2/c1-7(18)16-13-17(10-3-2-8(14)4-9(10)15)11-5-22(19,20)6-12(11)21-13/h2-4,11-12H,5-6H2,1H3/t11-,12-/m0/s1. The maximum Gasteiger partial charge on any atom is 0.244 e. The van der Waals surface area contributed by atoms with E-state index in [1.807, 2.05) is 6.07 Å². The van der Waals surface area contributed by atoms with Crippen LogP contribution in [0.4, 0.5) is 5.69 Å². The van der Waals surface area contributed by atoms with Crippen LogP contribution in [0.5, 0.6) is 0 Å². The molecule has 2 fully saturated rings. The van der Waals surface area contributed by atoms with E-state index in [0.717, 1.165) is 4.47 Å². The fourth-order valence-electron chi connectivity index (χ4n) is 2.66. The van der Waals surface area contributed by atoms with E-state index < -0.39 is 9.84 Å². The lowest BCUT2D eigenvalue weighted by molar-refractivity contribution is -0.115. The van der Waals surface area contributed by atoms with Crippen molar-refractivity contribution < 1.29 is 13.2 Å². The number of nitrogens with zero attached hydrogens (tertiary/aromatic N) is 2.